The minimum atomic E-state index is -2.88. The van der Waals surface area contributed by atoms with E-state index in [-0.39, 0.29) is 23.5 Å². The summed E-state index contributed by atoms with van der Waals surface area (Å²) in [6.07, 6.45) is 2.28. The number of ether oxygens (including phenoxy) is 1. The lowest BCUT2D eigenvalue weighted by Gasteiger charge is -2.23. The molecule has 1 aliphatic heterocycles. The normalized spacial score (nSPS) is 20.7. The smallest absolute Gasteiger partial charge is 0.323 e. The van der Waals surface area contributed by atoms with E-state index in [0.29, 0.717) is 26.0 Å². The summed E-state index contributed by atoms with van der Waals surface area (Å²) in [5.41, 5.74) is 0. The molecule has 0 saturated carbocycles. The van der Waals surface area contributed by atoms with Gasteiger partial charge in [0.25, 0.3) is 0 Å². The van der Waals surface area contributed by atoms with Gasteiger partial charge in [0, 0.05) is 13.1 Å². The Bertz CT molecular complexity index is 411. The molecular formula is C14H28N2O4S. The van der Waals surface area contributed by atoms with E-state index in [4.69, 9.17) is 4.74 Å². The van der Waals surface area contributed by atoms with Gasteiger partial charge in [0.2, 0.25) is 0 Å². The van der Waals surface area contributed by atoms with Gasteiger partial charge in [-0.25, -0.2) is 8.42 Å². The van der Waals surface area contributed by atoms with Crippen LogP contribution < -0.4 is 5.32 Å². The molecule has 1 rings (SSSR count). The van der Waals surface area contributed by atoms with Crippen LogP contribution >= 0.6 is 0 Å². The van der Waals surface area contributed by atoms with Crippen LogP contribution in [0, 0.1) is 0 Å². The molecule has 7 heteroatoms. The van der Waals surface area contributed by atoms with Gasteiger partial charge in [0.1, 0.15) is 6.04 Å². The van der Waals surface area contributed by atoms with Crippen LogP contribution in [0.4, 0.5) is 0 Å². The number of carbonyl (C=O) groups is 1. The topological polar surface area (TPSA) is 75.7 Å². The van der Waals surface area contributed by atoms with E-state index in [1.807, 2.05) is 0 Å². The molecular weight excluding hydrogens is 292 g/mol. The molecule has 0 aromatic heterocycles. The van der Waals surface area contributed by atoms with Crippen LogP contribution in [0.15, 0.2) is 0 Å². The van der Waals surface area contributed by atoms with Crippen LogP contribution in [0.1, 0.15) is 33.1 Å². The SMILES string of the molecule is CCCNC(CCN1CCCS(=O)(=O)CC1)C(=O)OCC. The fourth-order valence-corrected chi connectivity index (χ4v) is 3.70. The average Bonchev–Trinajstić information content (AvgIpc) is 2.60. The van der Waals surface area contributed by atoms with Crippen molar-refractivity contribution in [3.8, 4) is 0 Å². The summed E-state index contributed by atoms with van der Waals surface area (Å²) in [4.78, 5) is 14.0. The van der Waals surface area contributed by atoms with E-state index in [1.54, 1.807) is 6.92 Å². The van der Waals surface area contributed by atoms with E-state index < -0.39 is 9.84 Å². The second kappa shape index (κ2) is 9.38. The Morgan fingerprint density at radius 3 is 2.71 bits per heavy atom. The van der Waals surface area contributed by atoms with Gasteiger partial charge >= 0.3 is 5.97 Å². The summed E-state index contributed by atoms with van der Waals surface area (Å²) in [6, 6.07) is -0.301. The van der Waals surface area contributed by atoms with Gasteiger partial charge in [-0.2, -0.15) is 0 Å². The molecule has 1 unspecified atom stereocenters. The number of esters is 1. The number of rotatable bonds is 8. The fourth-order valence-electron chi connectivity index (χ4n) is 2.39. The van der Waals surface area contributed by atoms with Crippen LogP contribution in [0.3, 0.4) is 0 Å². The van der Waals surface area contributed by atoms with Crippen LogP contribution in [-0.2, 0) is 19.4 Å². The Hall–Kier alpha value is -0.660. The third kappa shape index (κ3) is 7.24. The van der Waals surface area contributed by atoms with E-state index >= 15 is 0 Å². The van der Waals surface area contributed by atoms with Gasteiger partial charge in [0.15, 0.2) is 9.84 Å². The van der Waals surface area contributed by atoms with Crippen LogP contribution in [0.5, 0.6) is 0 Å². The maximum atomic E-state index is 11.9. The van der Waals surface area contributed by atoms with Crippen LogP contribution in [0.2, 0.25) is 0 Å². The van der Waals surface area contributed by atoms with E-state index in [2.05, 4.69) is 17.1 Å². The van der Waals surface area contributed by atoms with E-state index in [1.165, 1.54) is 0 Å². The first-order valence-corrected chi connectivity index (χ1v) is 9.63. The number of hydrogen-bond acceptors (Lipinski definition) is 6. The Morgan fingerprint density at radius 2 is 2.05 bits per heavy atom. The lowest BCUT2D eigenvalue weighted by atomic mass is 10.2. The molecule has 1 aliphatic rings. The van der Waals surface area contributed by atoms with Crippen molar-refractivity contribution in [2.75, 3.05) is 44.3 Å². The number of nitrogens with one attached hydrogen (secondary N) is 1. The first kappa shape index (κ1) is 18.4. The molecule has 0 bridgehead atoms. The van der Waals surface area contributed by atoms with Crippen molar-refractivity contribution in [3.05, 3.63) is 0 Å². The zero-order valence-electron chi connectivity index (χ0n) is 13.1. The summed E-state index contributed by atoms with van der Waals surface area (Å²) in [6.45, 7) is 7.07. The van der Waals surface area contributed by atoms with Crippen molar-refractivity contribution in [3.63, 3.8) is 0 Å². The van der Waals surface area contributed by atoms with Gasteiger partial charge in [-0.1, -0.05) is 6.92 Å². The first-order valence-electron chi connectivity index (χ1n) is 7.81. The predicted molar refractivity (Wildman–Crippen MR) is 83.0 cm³/mol. The standard InChI is InChI=1S/C14H28N2O4S/c1-3-7-15-13(14(17)20-4-2)6-9-16-8-5-11-21(18,19)12-10-16/h13,15H,3-12H2,1-2H3. The minimum Gasteiger partial charge on any atom is -0.465 e. The quantitative estimate of drug-likeness (QED) is 0.654. The second-order valence-electron chi connectivity index (χ2n) is 5.39. The lowest BCUT2D eigenvalue weighted by Crippen LogP contribution is -2.41. The molecule has 21 heavy (non-hydrogen) atoms. The molecule has 1 saturated heterocycles. The van der Waals surface area contributed by atoms with Gasteiger partial charge in [0.05, 0.1) is 18.1 Å². The highest BCUT2D eigenvalue weighted by Gasteiger charge is 2.22. The lowest BCUT2D eigenvalue weighted by molar-refractivity contribution is -0.145. The van der Waals surface area contributed by atoms with Crippen molar-refractivity contribution in [2.24, 2.45) is 0 Å². The first-order chi connectivity index (χ1) is 9.98. The third-order valence-electron chi connectivity index (χ3n) is 3.59. The minimum absolute atomic E-state index is 0.214. The number of carbonyl (C=O) groups excluding carboxylic acids is 1. The zero-order chi connectivity index (χ0) is 15.7. The molecule has 0 aromatic carbocycles. The zero-order valence-corrected chi connectivity index (χ0v) is 14.0. The maximum Gasteiger partial charge on any atom is 0.323 e. The maximum absolute atomic E-state index is 11.9. The van der Waals surface area contributed by atoms with Gasteiger partial charge in [-0.3, -0.25) is 4.79 Å². The van der Waals surface area contributed by atoms with Gasteiger partial charge < -0.3 is 15.0 Å². The molecule has 0 amide bonds. The highest BCUT2D eigenvalue weighted by Crippen LogP contribution is 2.07. The van der Waals surface area contributed by atoms with Crippen molar-refractivity contribution in [2.45, 2.75) is 39.2 Å². The third-order valence-corrected chi connectivity index (χ3v) is 5.31. The number of hydrogen-bond donors (Lipinski definition) is 1. The average molecular weight is 320 g/mol. The molecule has 1 heterocycles. The largest absolute Gasteiger partial charge is 0.465 e. The summed E-state index contributed by atoms with van der Waals surface area (Å²) in [7, 11) is -2.88. The summed E-state index contributed by atoms with van der Waals surface area (Å²) >= 11 is 0. The molecule has 1 atom stereocenters. The molecule has 6 nitrogen and oxygen atoms in total. The molecule has 1 N–H and O–H groups in total. The van der Waals surface area contributed by atoms with Crippen molar-refractivity contribution in [1.29, 1.82) is 0 Å². The van der Waals surface area contributed by atoms with Crippen molar-refractivity contribution >= 4 is 15.8 Å². The van der Waals surface area contributed by atoms with Crippen LogP contribution in [-0.4, -0.2) is 69.6 Å². The molecule has 0 radical (unpaired) electrons. The fraction of sp³-hybridized carbons (Fsp3) is 0.929. The van der Waals surface area contributed by atoms with E-state index in [0.717, 1.165) is 26.1 Å². The van der Waals surface area contributed by atoms with Crippen molar-refractivity contribution in [1.82, 2.24) is 10.2 Å². The van der Waals surface area contributed by atoms with E-state index in [9.17, 15) is 13.2 Å². The monoisotopic (exact) mass is 320 g/mol. The number of nitrogens with zero attached hydrogens (tertiary/aromatic N) is 1. The molecule has 0 aliphatic carbocycles. The Morgan fingerprint density at radius 1 is 1.29 bits per heavy atom. The Labute approximate surface area is 128 Å². The van der Waals surface area contributed by atoms with Crippen molar-refractivity contribution < 1.29 is 17.9 Å². The van der Waals surface area contributed by atoms with Gasteiger partial charge in [-0.15, -0.1) is 0 Å². The van der Waals surface area contributed by atoms with Gasteiger partial charge in [-0.05, 0) is 39.3 Å². The molecule has 0 aromatic rings. The Balaban J connectivity index is 2.45. The highest BCUT2D eigenvalue weighted by molar-refractivity contribution is 7.91. The highest BCUT2D eigenvalue weighted by atomic mass is 32.2. The second-order valence-corrected chi connectivity index (χ2v) is 7.70. The Kier molecular flexibility index (Phi) is 8.21. The molecule has 1 fully saturated rings. The summed E-state index contributed by atoms with van der Waals surface area (Å²) < 4.78 is 28.2. The molecule has 124 valence electrons. The summed E-state index contributed by atoms with van der Waals surface area (Å²) in [5.74, 6) is 0.284. The molecule has 0 spiro atoms. The number of sulfone groups is 1. The predicted octanol–water partition coefficient (Wildman–Crippen LogP) is 0.428. The van der Waals surface area contributed by atoms with Crippen LogP contribution in [0.25, 0.3) is 0 Å². The summed E-state index contributed by atoms with van der Waals surface area (Å²) in [5, 5.41) is 3.21.